The van der Waals surface area contributed by atoms with Crippen LogP contribution in [0.5, 0.6) is 0 Å². The summed E-state index contributed by atoms with van der Waals surface area (Å²) in [4.78, 5) is 0. The molecule has 0 saturated heterocycles. The van der Waals surface area contributed by atoms with Crippen molar-refractivity contribution < 1.29 is 9.30 Å². The van der Waals surface area contributed by atoms with Crippen LogP contribution in [-0.2, 0) is 9.30 Å². The minimum absolute atomic E-state index is 0.410. The van der Waals surface area contributed by atoms with E-state index in [2.05, 4.69) is 5.32 Å². The summed E-state index contributed by atoms with van der Waals surface area (Å²) in [7, 11) is -3.21. The average molecular weight is 423 g/mol. The molecule has 0 spiro atoms. The molecule has 0 aliphatic carbocycles. The minimum atomic E-state index is -3.21. The maximum absolute atomic E-state index is 15.0. The van der Waals surface area contributed by atoms with Crippen LogP contribution in [0.3, 0.4) is 0 Å². The highest BCUT2D eigenvalue weighted by molar-refractivity contribution is 7.82. The van der Waals surface area contributed by atoms with E-state index in [-0.39, 0.29) is 0 Å². The van der Waals surface area contributed by atoms with Gasteiger partial charge in [-0.1, -0.05) is 121 Å². The summed E-state index contributed by atoms with van der Waals surface area (Å²) in [5, 5.41) is 5.03. The van der Waals surface area contributed by atoms with E-state index in [9.17, 15) is 4.57 Å². The lowest BCUT2D eigenvalue weighted by atomic mass is 10.2. The summed E-state index contributed by atoms with van der Waals surface area (Å²) in [5.74, 6) is 0.630. The molecule has 31 heavy (non-hydrogen) atoms. The molecule has 0 saturated carbocycles. The van der Waals surface area contributed by atoms with Gasteiger partial charge in [0, 0.05) is 21.7 Å². The zero-order valence-corrected chi connectivity index (χ0v) is 17.8. The van der Waals surface area contributed by atoms with Crippen LogP contribution in [0.25, 0.3) is 5.76 Å². The fourth-order valence-electron chi connectivity index (χ4n) is 3.88. The summed E-state index contributed by atoms with van der Waals surface area (Å²) in [6, 6.07) is 39.2. The van der Waals surface area contributed by atoms with Gasteiger partial charge in [0.05, 0.1) is 0 Å². The van der Waals surface area contributed by atoms with E-state index in [4.69, 9.17) is 4.74 Å². The third kappa shape index (κ3) is 3.58. The standard InChI is InChI=1S/C27H22NO2P/c29-31(23-17-9-3-10-18-23,24-19-11-4-12-20-24)27-25(21-13-5-1-6-14-21)30-26(28-27)22-15-7-2-8-16-22/h1-20,26,28H. The molecule has 1 aliphatic rings. The Morgan fingerprint density at radius 3 is 1.58 bits per heavy atom. The van der Waals surface area contributed by atoms with E-state index < -0.39 is 13.4 Å². The van der Waals surface area contributed by atoms with Crippen molar-refractivity contribution in [1.82, 2.24) is 5.32 Å². The smallest absolute Gasteiger partial charge is 0.196 e. The zero-order chi connectivity index (χ0) is 21.1. The van der Waals surface area contributed by atoms with Gasteiger partial charge in [0.15, 0.2) is 19.1 Å². The van der Waals surface area contributed by atoms with Gasteiger partial charge in [0.1, 0.15) is 5.44 Å². The molecule has 1 heterocycles. The molecule has 1 unspecified atom stereocenters. The Hall–Kier alpha value is -3.55. The summed E-state index contributed by atoms with van der Waals surface area (Å²) in [6.07, 6.45) is -0.410. The third-order valence-electron chi connectivity index (χ3n) is 5.41. The summed E-state index contributed by atoms with van der Waals surface area (Å²) in [5.41, 5.74) is 2.51. The molecule has 0 bridgehead atoms. The molecule has 4 aromatic rings. The van der Waals surface area contributed by atoms with Crippen molar-refractivity contribution in [2.45, 2.75) is 6.23 Å². The number of rotatable bonds is 5. The molecule has 0 fully saturated rings. The Bertz CT molecular complexity index is 1200. The van der Waals surface area contributed by atoms with Crippen molar-refractivity contribution in [1.29, 1.82) is 0 Å². The van der Waals surface area contributed by atoms with Gasteiger partial charge < -0.3 is 14.6 Å². The van der Waals surface area contributed by atoms with Crippen molar-refractivity contribution in [2.75, 3.05) is 0 Å². The van der Waals surface area contributed by atoms with Crippen molar-refractivity contribution in [3.8, 4) is 0 Å². The number of benzene rings is 4. The van der Waals surface area contributed by atoms with Gasteiger partial charge >= 0.3 is 0 Å². The molecule has 3 nitrogen and oxygen atoms in total. The maximum atomic E-state index is 15.0. The first-order valence-electron chi connectivity index (χ1n) is 10.3. The molecule has 1 N–H and O–H groups in total. The molecule has 1 atom stereocenters. The van der Waals surface area contributed by atoms with Crippen LogP contribution < -0.4 is 15.9 Å². The second kappa shape index (κ2) is 8.29. The number of hydrogen-bond donors (Lipinski definition) is 1. The van der Waals surface area contributed by atoms with Crippen LogP contribution >= 0.6 is 7.14 Å². The zero-order valence-electron chi connectivity index (χ0n) is 16.9. The number of hydrogen-bond acceptors (Lipinski definition) is 3. The van der Waals surface area contributed by atoms with Gasteiger partial charge in [-0.05, 0) is 0 Å². The van der Waals surface area contributed by atoms with Gasteiger partial charge in [-0.3, -0.25) is 0 Å². The predicted octanol–water partition coefficient (Wildman–Crippen LogP) is 5.65. The quantitative estimate of drug-likeness (QED) is 0.422. The molecule has 0 amide bonds. The van der Waals surface area contributed by atoms with Gasteiger partial charge in [0.2, 0.25) is 0 Å². The Labute approximate surface area is 182 Å². The highest BCUT2D eigenvalue weighted by atomic mass is 31.2. The van der Waals surface area contributed by atoms with Crippen LogP contribution in [0.4, 0.5) is 0 Å². The number of nitrogens with one attached hydrogen (secondary N) is 1. The highest BCUT2D eigenvalue weighted by Gasteiger charge is 2.41. The van der Waals surface area contributed by atoms with Crippen LogP contribution in [0.15, 0.2) is 127 Å². The Balaban J connectivity index is 1.73. The van der Waals surface area contributed by atoms with Crippen LogP contribution in [0.1, 0.15) is 17.4 Å². The van der Waals surface area contributed by atoms with Gasteiger partial charge in [-0.15, -0.1) is 0 Å². The summed E-state index contributed by atoms with van der Waals surface area (Å²) in [6.45, 7) is 0. The second-order valence-electron chi connectivity index (χ2n) is 7.38. The van der Waals surface area contributed by atoms with Gasteiger partial charge in [-0.25, -0.2) is 0 Å². The lowest BCUT2D eigenvalue weighted by Crippen LogP contribution is -2.24. The monoisotopic (exact) mass is 423 g/mol. The van der Waals surface area contributed by atoms with E-state index >= 15 is 0 Å². The first-order valence-corrected chi connectivity index (χ1v) is 12.0. The van der Waals surface area contributed by atoms with Crippen LogP contribution in [-0.4, -0.2) is 0 Å². The van der Waals surface area contributed by atoms with E-state index in [1.54, 1.807) is 0 Å². The topological polar surface area (TPSA) is 38.3 Å². The predicted molar refractivity (Wildman–Crippen MR) is 127 cm³/mol. The normalized spacial score (nSPS) is 15.9. The summed E-state index contributed by atoms with van der Waals surface area (Å²) < 4.78 is 21.4. The molecule has 5 rings (SSSR count). The maximum Gasteiger partial charge on any atom is 0.196 e. The third-order valence-corrected chi connectivity index (χ3v) is 8.42. The van der Waals surface area contributed by atoms with Gasteiger partial charge in [0.25, 0.3) is 0 Å². The lowest BCUT2D eigenvalue weighted by Gasteiger charge is -2.22. The highest BCUT2D eigenvalue weighted by Crippen LogP contribution is 2.56. The molecule has 152 valence electrons. The molecule has 4 aromatic carbocycles. The minimum Gasteiger partial charge on any atom is -0.463 e. The molecule has 0 aromatic heterocycles. The van der Waals surface area contributed by atoms with Crippen molar-refractivity contribution in [3.63, 3.8) is 0 Å². The van der Waals surface area contributed by atoms with Crippen LogP contribution in [0, 0.1) is 0 Å². The fourth-order valence-corrected chi connectivity index (χ4v) is 6.65. The first kappa shape index (κ1) is 19.4. The van der Waals surface area contributed by atoms with Crippen molar-refractivity contribution in [2.24, 2.45) is 0 Å². The molecular formula is C27H22NO2P. The second-order valence-corrected chi connectivity index (χ2v) is 10.1. The lowest BCUT2D eigenvalue weighted by molar-refractivity contribution is 0.174. The van der Waals surface area contributed by atoms with E-state index in [0.717, 1.165) is 21.7 Å². The first-order chi connectivity index (χ1) is 15.3. The Morgan fingerprint density at radius 2 is 1.06 bits per heavy atom. The Kier molecular flexibility index (Phi) is 5.19. The van der Waals surface area contributed by atoms with Gasteiger partial charge in [-0.2, -0.15) is 0 Å². The summed E-state index contributed by atoms with van der Waals surface area (Å²) >= 11 is 0. The van der Waals surface area contributed by atoms with E-state index in [1.165, 1.54) is 0 Å². The van der Waals surface area contributed by atoms with Crippen molar-refractivity contribution in [3.05, 3.63) is 138 Å². The SMILES string of the molecule is O=P(C1=C(c2ccccc2)OC(c2ccccc2)N1)(c1ccccc1)c1ccccc1. The molecule has 4 heteroatoms. The van der Waals surface area contributed by atoms with E-state index in [0.29, 0.717) is 11.2 Å². The number of ether oxygens (including phenoxy) is 1. The average Bonchev–Trinajstić information content (AvgIpc) is 3.32. The largest absolute Gasteiger partial charge is 0.463 e. The van der Waals surface area contributed by atoms with Crippen molar-refractivity contribution >= 4 is 23.5 Å². The van der Waals surface area contributed by atoms with E-state index in [1.807, 2.05) is 121 Å². The molecular weight excluding hydrogens is 401 g/mol. The molecule has 1 aliphatic heterocycles. The fraction of sp³-hybridized carbons (Fsp3) is 0.0370. The van der Waals surface area contributed by atoms with Crippen LogP contribution in [0.2, 0.25) is 0 Å². The Morgan fingerprint density at radius 1 is 0.613 bits per heavy atom. The molecule has 0 radical (unpaired) electrons.